The number of carbonyl (C=O) groups is 1. The molecule has 1 heterocycles. The summed E-state index contributed by atoms with van der Waals surface area (Å²) in [6.07, 6.45) is 1.53. The molecule has 0 aromatic heterocycles. The highest BCUT2D eigenvalue weighted by atomic mass is 79.9. The van der Waals surface area contributed by atoms with E-state index in [4.69, 9.17) is 5.11 Å². The van der Waals surface area contributed by atoms with Gasteiger partial charge in [0, 0.05) is 11.0 Å². The molecule has 1 aromatic carbocycles. The van der Waals surface area contributed by atoms with Gasteiger partial charge in [-0.2, -0.15) is 0 Å². The highest BCUT2D eigenvalue weighted by molar-refractivity contribution is 9.10. The first kappa shape index (κ1) is 13.4. The van der Waals surface area contributed by atoms with Gasteiger partial charge in [0.15, 0.2) is 11.6 Å². The smallest absolute Gasteiger partial charge is 0.255 e. The van der Waals surface area contributed by atoms with Gasteiger partial charge >= 0.3 is 0 Å². The van der Waals surface area contributed by atoms with E-state index in [1.165, 1.54) is 4.90 Å². The van der Waals surface area contributed by atoms with Crippen molar-refractivity contribution in [3.8, 4) is 0 Å². The van der Waals surface area contributed by atoms with Crippen LogP contribution in [0.25, 0.3) is 0 Å². The quantitative estimate of drug-likeness (QED) is 0.850. The molecular formula is C12H12BrF2NO2. The number of aliphatic hydroxyl groups is 1. The molecule has 1 fully saturated rings. The van der Waals surface area contributed by atoms with E-state index in [1.807, 2.05) is 0 Å². The molecule has 1 amide bonds. The van der Waals surface area contributed by atoms with Gasteiger partial charge in [0.2, 0.25) is 0 Å². The fourth-order valence-electron chi connectivity index (χ4n) is 2.13. The molecule has 1 aliphatic heterocycles. The average Bonchev–Trinajstić information content (AvgIpc) is 2.81. The summed E-state index contributed by atoms with van der Waals surface area (Å²) in [7, 11) is 0. The van der Waals surface area contributed by atoms with Crippen LogP contribution in [0.4, 0.5) is 8.78 Å². The molecule has 0 aliphatic carbocycles. The number of benzene rings is 1. The molecule has 0 bridgehead atoms. The van der Waals surface area contributed by atoms with Gasteiger partial charge < -0.3 is 10.0 Å². The van der Waals surface area contributed by atoms with E-state index < -0.39 is 17.5 Å². The van der Waals surface area contributed by atoms with E-state index in [-0.39, 0.29) is 22.7 Å². The van der Waals surface area contributed by atoms with Crippen LogP contribution in [0.15, 0.2) is 16.6 Å². The van der Waals surface area contributed by atoms with Crippen LogP contribution >= 0.6 is 15.9 Å². The fraction of sp³-hybridized carbons (Fsp3) is 0.417. The van der Waals surface area contributed by atoms with Crippen molar-refractivity contribution in [2.75, 3.05) is 13.2 Å². The van der Waals surface area contributed by atoms with E-state index in [1.54, 1.807) is 0 Å². The first-order chi connectivity index (χ1) is 8.54. The Bertz CT molecular complexity index is 481. The number of likely N-dealkylation sites (tertiary alicyclic amines) is 1. The monoisotopic (exact) mass is 319 g/mol. The number of hydrogen-bond donors (Lipinski definition) is 1. The molecule has 1 atom stereocenters. The molecule has 0 unspecified atom stereocenters. The van der Waals surface area contributed by atoms with Gasteiger partial charge in [0.25, 0.3) is 5.91 Å². The van der Waals surface area contributed by atoms with Gasteiger partial charge in [-0.25, -0.2) is 8.78 Å². The molecule has 18 heavy (non-hydrogen) atoms. The minimum absolute atomic E-state index is 0.0780. The van der Waals surface area contributed by atoms with Gasteiger partial charge in [-0.3, -0.25) is 4.79 Å². The second-order valence-corrected chi connectivity index (χ2v) is 5.08. The first-order valence-corrected chi connectivity index (χ1v) is 6.40. The SMILES string of the molecule is O=C(c1cc(F)c(F)cc1Br)N1CCC[C@H]1CO. The van der Waals surface area contributed by atoms with Crippen molar-refractivity contribution in [3.05, 3.63) is 33.8 Å². The number of amides is 1. The molecule has 1 aromatic rings. The largest absolute Gasteiger partial charge is 0.394 e. The molecule has 0 spiro atoms. The number of carbonyl (C=O) groups excluding carboxylic acids is 1. The number of nitrogens with zero attached hydrogens (tertiary/aromatic N) is 1. The number of hydrogen-bond acceptors (Lipinski definition) is 2. The highest BCUT2D eigenvalue weighted by Gasteiger charge is 2.30. The van der Waals surface area contributed by atoms with E-state index in [0.717, 1.165) is 25.0 Å². The lowest BCUT2D eigenvalue weighted by Gasteiger charge is -2.23. The van der Waals surface area contributed by atoms with Gasteiger partial charge in [-0.15, -0.1) is 0 Å². The molecule has 0 saturated carbocycles. The molecule has 1 N–H and O–H groups in total. The number of rotatable bonds is 2. The van der Waals surface area contributed by atoms with Crippen LogP contribution in [0, 0.1) is 11.6 Å². The first-order valence-electron chi connectivity index (χ1n) is 5.61. The van der Waals surface area contributed by atoms with Gasteiger partial charge in [0.1, 0.15) is 0 Å². The third kappa shape index (κ3) is 2.40. The molecule has 2 rings (SSSR count). The summed E-state index contributed by atoms with van der Waals surface area (Å²) >= 11 is 3.05. The van der Waals surface area contributed by atoms with Crippen LogP contribution in [-0.4, -0.2) is 35.1 Å². The van der Waals surface area contributed by atoms with E-state index in [9.17, 15) is 13.6 Å². The van der Waals surface area contributed by atoms with E-state index in [2.05, 4.69) is 15.9 Å². The second kappa shape index (κ2) is 5.32. The Labute approximate surface area is 112 Å². The van der Waals surface area contributed by atoms with Crippen molar-refractivity contribution >= 4 is 21.8 Å². The molecule has 0 radical (unpaired) electrons. The molecular weight excluding hydrogens is 308 g/mol. The van der Waals surface area contributed by atoms with Crippen molar-refractivity contribution in [3.63, 3.8) is 0 Å². The Morgan fingerprint density at radius 1 is 1.44 bits per heavy atom. The van der Waals surface area contributed by atoms with Crippen LogP contribution < -0.4 is 0 Å². The Balaban J connectivity index is 2.31. The van der Waals surface area contributed by atoms with Crippen LogP contribution in [0.5, 0.6) is 0 Å². The average molecular weight is 320 g/mol. The molecule has 3 nitrogen and oxygen atoms in total. The Kier molecular flexibility index (Phi) is 3.97. The summed E-state index contributed by atoms with van der Waals surface area (Å²) in [4.78, 5) is 13.7. The van der Waals surface area contributed by atoms with Crippen molar-refractivity contribution in [1.82, 2.24) is 4.90 Å². The van der Waals surface area contributed by atoms with Gasteiger partial charge in [-0.05, 0) is 40.9 Å². The third-order valence-corrected chi connectivity index (χ3v) is 3.75. The van der Waals surface area contributed by atoms with E-state index >= 15 is 0 Å². The lowest BCUT2D eigenvalue weighted by Crippen LogP contribution is -2.37. The van der Waals surface area contributed by atoms with Crippen molar-refractivity contribution < 1.29 is 18.7 Å². The maximum absolute atomic E-state index is 13.2. The lowest BCUT2D eigenvalue weighted by atomic mass is 10.1. The topological polar surface area (TPSA) is 40.5 Å². The highest BCUT2D eigenvalue weighted by Crippen LogP contribution is 2.25. The van der Waals surface area contributed by atoms with Gasteiger partial charge in [-0.1, -0.05) is 0 Å². The summed E-state index contributed by atoms with van der Waals surface area (Å²) in [6, 6.07) is 1.58. The van der Waals surface area contributed by atoms with Crippen molar-refractivity contribution in [2.45, 2.75) is 18.9 Å². The summed E-state index contributed by atoms with van der Waals surface area (Å²) in [5, 5.41) is 9.16. The fourth-order valence-corrected chi connectivity index (χ4v) is 2.62. The summed E-state index contributed by atoms with van der Waals surface area (Å²) in [5.74, 6) is -2.45. The van der Waals surface area contributed by atoms with Crippen molar-refractivity contribution in [1.29, 1.82) is 0 Å². The van der Waals surface area contributed by atoms with E-state index in [0.29, 0.717) is 6.54 Å². The maximum Gasteiger partial charge on any atom is 0.255 e. The zero-order chi connectivity index (χ0) is 13.3. The summed E-state index contributed by atoms with van der Waals surface area (Å²) < 4.78 is 26.4. The second-order valence-electron chi connectivity index (χ2n) is 4.22. The normalized spacial score (nSPS) is 19.3. The van der Waals surface area contributed by atoms with Crippen LogP contribution in [0.3, 0.4) is 0 Å². The lowest BCUT2D eigenvalue weighted by molar-refractivity contribution is 0.0676. The Morgan fingerprint density at radius 3 is 2.78 bits per heavy atom. The predicted octanol–water partition coefficient (Wildman–Crippen LogP) is 2.32. The Morgan fingerprint density at radius 2 is 2.11 bits per heavy atom. The molecule has 6 heteroatoms. The summed E-state index contributed by atoms with van der Waals surface area (Å²) in [5.41, 5.74) is 0.0780. The summed E-state index contributed by atoms with van der Waals surface area (Å²) in [6.45, 7) is 0.405. The minimum Gasteiger partial charge on any atom is -0.394 e. The minimum atomic E-state index is -1.05. The molecule has 1 saturated heterocycles. The predicted molar refractivity (Wildman–Crippen MR) is 65.2 cm³/mol. The molecule has 98 valence electrons. The number of aliphatic hydroxyl groups excluding tert-OH is 1. The van der Waals surface area contributed by atoms with Crippen LogP contribution in [0.2, 0.25) is 0 Å². The standard InChI is InChI=1S/C12H12BrF2NO2/c13-9-5-11(15)10(14)4-8(9)12(18)16-3-1-2-7(16)6-17/h4-5,7,17H,1-3,6H2/t7-/m0/s1. The van der Waals surface area contributed by atoms with Crippen LogP contribution in [-0.2, 0) is 0 Å². The maximum atomic E-state index is 13.2. The third-order valence-electron chi connectivity index (χ3n) is 3.09. The van der Waals surface area contributed by atoms with Gasteiger partial charge in [0.05, 0.1) is 18.2 Å². The zero-order valence-electron chi connectivity index (χ0n) is 9.50. The van der Waals surface area contributed by atoms with Crippen molar-refractivity contribution in [2.24, 2.45) is 0 Å². The zero-order valence-corrected chi connectivity index (χ0v) is 11.1. The number of halogens is 3. The Hall–Kier alpha value is -1.01. The molecule has 1 aliphatic rings. The van der Waals surface area contributed by atoms with Crippen LogP contribution in [0.1, 0.15) is 23.2 Å².